The molecule has 8 nitrogen and oxygen atoms in total. The Bertz CT molecular complexity index is 947. The van der Waals surface area contributed by atoms with E-state index in [1.54, 1.807) is 36.4 Å². The molecular weight excluding hydrogens is 412 g/mol. The molecule has 2 aromatic rings. The molecule has 4 atom stereocenters. The smallest absolute Gasteiger partial charge is 0.338 e. The van der Waals surface area contributed by atoms with E-state index in [-0.39, 0.29) is 23.5 Å². The predicted molar refractivity (Wildman–Crippen MR) is 118 cm³/mol. The van der Waals surface area contributed by atoms with Crippen molar-refractivity contribution in [1.82, 2.24) is 4.90 Å². The fourth-order valence-electron chi connectivity index (χ4n) is 4.39. The zero-order chi connectivity index (χ0) is 23.3. The molecule has 0 radical (unpaired) electrons. The van der Waals surface area contributed by atoms with E-state index >= 15 is 0 Å². The maximum absolute atomic E-state index is 12.3. The summed E-state index contributed by atoms with van der Waals surface area (Å²) in [6.07, 6.45) is 2.26. The summed E-state index contributed by atoms with van der Waals surface area (Å²) in [5, 5.41) is 8.43. The summed E-state index contributed by atoms with van der Waals surface area (Å²) in [7, 11) is 3.42. The van der Waals surface area contributed by atoms with Crippen LogP contribution in [0.4, 0.5) is 5.69 Å². The van der Waals surface area contributed by atoms with Gasteiger partial charge in [0.2, 0.25) is 0 Å². The molecule has 4 rings (SSSR count). The molecule has 2 aliphatic heterocycles. The topological polar surface area (TPSA) is 119 Å². The van der Waals surface area contributed by atoms with Gasteiger partial charge in [-0.2, -0.15) is 0 Å². The van der Waals surface area contributed by atoms with Gasteiger partial charge in [-0.25, -0.2) is 9.59 Å². The molecule has 0 amide bonds. The number of ether oxygens (including phenoxy) is 2. The van der Waals surface area contributed by atoms with Crippen LogP contribution in [0.15, 0.2) is 54.6 Å². The number of nitrogen functional groups attached to an aromatic ring is 1. The fourth-order valence-corrected chi connectivity index (χ4v) is 4.39. The van der Waals surface area contributed by atoms with Crippen molar-refractivity contribution in [3.05, 3.63) is 65.7 Å². The van der Waals surface area contributed by atoms with Crippen molar-refractivity contribution in [3.8, 4) is 0 Å². The zero-order valence-electron chi connectivity index (χ0n) is 18.1. The molecule has 0 spiro atoms. The van der Waals surface area contributed by atoms with Crippen LogP contribution in [0.5, 0.6) is 0 Å². The van der Waals surface area contributed by atoms with Crippen LogP contribution in [0.2, 0.25) is 0 Å². The molecule has 8 heteroatoms. The highest BCUT2D eigenvalue weighted by Crippen LogP contribution is 2.40. The second kappa shape index (κ2) is 10.3. The van der Waals surface area contributed by atoms with Crippen LogP contribution in [0.3, 0.4) is 0 Å². The van der Waals surface area contributed by atoms with E-state index < -0.39 is 18.0 Å². The first-order valence-electron chi connectivity index (χ1n) is 10.5. The van der Waals surface area contributed by atoms with Gasteiger partial charge in [-0.15, -0.1) is 0 Å². The Morgan fingerprint density at radius 2 is 1.66 bits per heavy atom. The van der Waals surface area contributed by atoms with Crippen molar-refractivity contribution in [2.75, 3.05) is 19.9 Å². The minimum atomic E-state index is -0.931. The number of fused-ring (bicyclic) bond motifs is 2. The lowest BCUT2D eigenvalue weighted by atomic mass is 9.87. The number of esters is 2. The maximum Gasteiger partial charge on any atom is 0.338 e. The number of benzene rings is 2. The summed E-state index contributed by atoms with van der Waals surface area (Å²) in [4.78, 5) is 37.0. The quantitative estimate of drug-likeness (QED) is 0.550. The first kappa shape index (κ1) is 23.3. The van der Waals surface area contributed by atoms with Gasteiger partial charge in [0.15, 0.2) is 0 Å². The number of carboxylic acids is 1. The second-order valence-electron chi connectivity index (χ2n) is 7.99. The van der Waals surface area contributed by atoms with Crippen molar-refractivity contribution >= 4 is 23.6 Å². The normalized spacial score (nSPS) is 24.1. The first-order chi connectivity index (χ1) is 15.3. The third-order valence-corrected chi connectivity index (χ3v) is 6.11. The minimum absolute atomic E-state index is 0.0970. The number of hydrogen-bond donors (Lipinski definition) is 2. The van der Waals surface area contributed by atoms with Crippen LogP contribution in [-0.4, -0.2) is 60.3 Å². The lowest BCUT2D eigenvalue weighted by molar-refractivity contribution is -0.156. The SMILES string of the molecule is COC(=O)[C@H]1[C@@H](OC(=O)c2ccccc2)C[C@@H]2CC[C@H]1N2C.Nc1ccc(C(=O)O)cc1. The number of piperidine rings is 1. The average molecular weight is 440 g/mol. The van der Waals surface area contributed by atoms with Crippen molar-refractivity contribution in [1.29, 1.82) is 0 Å². The Morgan fingerprint density at radius 1 is 1.00 bits per heavy atom. The molecule has 0 aromatic heterocycles. The average Bonchev–Trinajstić information content (AvgIpc) is 3.03. The number of carbonyl (C=O) groups is 3. The molecular formula is C24H28N2O6. The van der Waals surface area contributed by atoms with E-state index in [1.165, 1.54) is 19.2 Å². The van der Waals surface area contributed by atoms with Crippen LogP contribution in [0.1, 0.15) is 40.0 Å². The number of nitrogens with two attached hydrogens (primary N) is 1. The molecule has 0 unspecified atom stereocenters. The van der Waals surface area contributed by atoms with Crippen LogP contribution in [0.25, 0.3) is 0 Å². The molecule has 2 bridgehead atoms. The van der Waals surface area contributed by atoms with Gasteiger partial charge >= 0.3 is 17.9 Å². The minimum Gasteiger partial charge on any atom is -0.478 e. The summed E-state index contributed by atoms with van der Waals surface area (Å²) in [5.74, 6) is -1.99. The van der Waals surface area contributed by atoms with E-state index in [1.807, 2.05) is 13.1 Å². The van der Waals surface area contributed by atoms with Gasteiger partial charge in [0.1, 0.15) is 12.0 Å². The molecule has 2 saturated heterocycles. The fraction of sp³-hybridized carbons (Fsp3) is 0.375. The standard InChI is InChI=1S/C17H21NO4.C7H7NO2/c1-18-12-8-9-13(18)15(17(20)21-2)14(10-12)22-16(19)11-6-4-3-5-7-11;8-6-3-1-5(2-4-6)7(9)10/h3-7,12-15H,8-10H2,1-2H3;1-4H,8H2,(H,9,10)/t12-,13+,14-,15+;/m0./s1. The van der Waals surface area contributed by atoms with Gasteiger partial charge in [0, 0.05) is 24.2 Å². The molecule has 2 aromatic carbocycles. The highest BCUT2D eigenvalue weighted by Gasteiger charge is 2.50. The predicted octanol–water partition coefficient (Wildman–Crippen LogP) is 2.83. The Morgan fingerprint density at radius 3 is 2.25 bits per heavy atom. The molecule has 0 saturated carbocycles. The highest BCUT2D eigenvalue weighted by molar-refractivity contribution is 5.90. The summed E-state index contributed by atoms with van der Waals surface area (Å²) in [5.41, 5.74) is 6.68. The Kier molecular flexibility index (Phi) is 7.48. The molecule has 2 fully saturated rings. The van der Waals surface area contributed by atoms with E-state index in [0.717, 1.165) is 12.8 Å². The van der Waals surface area contributed by atoms with E-state index in [9.17, 15) is 14.4 Å². The lowest BCUT2D eigenvalue weighted by Crippen LogP contribution is -2.53. The maximum atomic E-state index is 12.3. The number of aromatic carboxylic acids is 1. The second-order valence-corrected chi connectivity index (χ2v) is 7.99. The van der Waals surface area contributed by atoms with E-state index in [2.05, 4.69) is 4.90 Å². The van der Waals surface area contributed by atoms with Crippen molar-refractivity contribution in [3.63, 3.8) is 0 Å². The van der Waals surface area contributed by atoms with Gasteiger partial charge in [0.25, 0.3) is 0 Å². The summed E-state index contributed by atoms with van der Waals surface area (Å²) in [6, 6.07) is 15.4. The number of anilines is 1. The summed E-state index contributed by atoms with van der Waals surface area (Å²) in [6.45, 7) is 0. The van der Waals surface area contributed by atoms with Crippen LogP contribution >= 0.6 is 0 Å². The summed E-state index contributed by atoms with van der Waals surface area (Å²) >= 11 is 0. The lowest BCUT2D eigenvalue weighted by Gasteiger charge is -2.40. The largest absolute Gasteiger partial charge is 0.478 e. The number of methoxy groups -OCH3 is 1. The number of rotatable bonds is 4. The van der Waals surface area contributed by atoms with Crippen LogP contribution < -0.4 is 5.73 Å². The number of hydrogen-bond acceptors (Lipinski definition) is 7. The van der Waals surface area contributed by atoms with Gasteiger partial charge in [-0.1, -0.05) is 18.2 Å². The molecule has 32 heavy (non-hydrogen) atoms. The van der Waals surface area contributed by atoms with Crippen molar-refractivity contribution in [2.45, 2.75) is 37.5 Å². The number of carbonyl (C=O) groups excluding carboxylic acids is 2. The van der Waals surface area contributed by atoms with E-state index in [0.29, 0.717) is 23.7 Å². The van der Waals surface area contributed by atoms with Gasteiger partial charge < -0.3 is 20.3 Å². The van der Waals surface area contributed by atoms with Crippen molar-refractivity contribution in [2.24, 2.45) is 5.92 Å². The highest BCUT2D eigenvalue weighted by atomic mass is 16.6. The summed E-state index contributed by atoms with van der Waals surface area (Å²) < 4.78 is 10.6. The van der Waals surface area contributed by atoms with E-state index in [4.69, 9.17) is 20.3 Å². The number of nitrogens with zero attached hydrogens (tertiary/aromatic N) is 1. The third kappa shape index (κ3) is 5.26. The molecule has 170 valence electrons. The first-order valence-corrected chi connectivity index (χ1v) is 10.5. The van der Waals surface area contributed by atoms with Crippen LogP contribution in [0, 0.1) is 5.92 Å². The van der Waals surface area contributed by atoms with Gasteiger partial charge in [0.05, 0.1) is 18.2 Å². The zero-order valence-corrected chi connectivity index (χ0v) is 18.1. The molecule has 2 heterocycles. The third-order valence-electron chi connectivity index (χ3n) is 6.11. The number of carboxylic acid groups (broad SMARTS) is 1. The Balaban J connectivity index is 0.000000243. The van der Waals surface area contributed by atoms with Gasteiger partial charge in [-0.3, -0.25) is 9.69 Å². The Hall–Kier alpha value is -3.39. The van der Waals surface area contributed by atoms with Crippen LogP contribution in [-0.2, 0) is 14.3 Å². The monoisotopic (exact) mass is 440 g/mol. The Labute approximate surface area is 186 Å². The molecule has 2 aliphatic rings. The van der Waals surface area contributed by atoms with Crippen molar-refractivity contribution < 1.29 is 29.0 Å². The molecule has 3 N–H and O–H groups in total. The molecule has 0 aliphatic carbocycles. The van der Waals surface area contributed by atoms with Gasteiger partial charge in [-0.05, 0) is 56.3 Å².